The summed E-state index contributed by atoms with van der Waals surface area (Å²) >= 11 is 0. The van der Waals surface area contributed by atoms with Crippen molar-refractivity contribution in [2.24, 2.45) is 0 Å². The number of carbonyl (C=O) groups is 1. The number of benzene rings is 3. The van der Waals surface area contributed by atoms with E-state index in [4.69, 9.17) is 14.6 Å². The highest BCUT2D eigenvalue weighted by Gasteiger charge is 2.20. The maximum Gasteiger partial charge on any atom is 0.259 e. The molecule has 1 N–H and O–H groups in total. The SMILES string of the molecule is COc1cccc(-c2nn(Cc3ccccc3)cc2C(=O)Nc2ccccc2OC)c1. The molecule has 0 atom stereocenters. The Hall–Kier alpha value is -4.06. The molecule has 3 aromatic carbocycles. The van der Waals surface area contributed by atoms with Crippen LogP contribution in [0.15, 0.2) is 85.1 Å². The Morgan fingerprint density at radius 1 is 0.935 bits per heavy atom. The van der Waals surface area contributed by atoms with Crippen LogP contribution in [0.4, 0.5) is 5.69 Å². The van der Waals surface area contributed by atoms with Gasteiger partial charge in [-0.05, 0) is 29.8 Å². The average Bonchev–Trinajstić information content (AvgIpc) is 3.24. The van der Waals surface area contributed by atoms with E-state index in [1.54, 1.807) is 37.2 Å². The quantitative estimate of drug-likeness (QED) is 0.470. The number of hydrogen-bond acceptors (Lipinski definition) is 4. The minimum Gasteiger partial charge on any atom is -0.497 e. The molecule has 0 aliphatic rings. The summed E-state index contributed by atoms with van der Waals surface area (Å²) in [5.74, 6) is 1.03. The monoisotopic (exact) mass is 413 g/mol. The standard InChI is InChI=1S/C25H23N3O3/c1-30-20-12-8-11-19(15-20)24-21(17-28(27-24)16-18-9-4-3-5-10-18)25(29)26-22-13-6-7-14-23(22)31-2/h3-15,17H,16H2,1-2H3,(H,26,29). The number of anilines is 1. The van der Waals surface area contributed by atoms with E-state index in [2.05, 4.69) is 5.32 Å². The summed E-state index contributed by atoms with van der Waals surface area (Å²) < 4.78 is 12.5. The number of nitrogens with one attached hydrogen (secondary N) is 1. The third-order valence-electron chi connectivity index (χ3n) is 4.89. The van der Waals surface area contributed by atoms with Gasteiger partial charge >= 0.3 is 0 Å². The summed E-state index contributed by atoms with van der Waals surface area (Å²) in [6.45, 7) is 0.555. The number of aromatic nitrogens is 2. The van der Waals surface area contributed by atoms with Crippen LogP contribution in [0.2, 0.25) is 0 Å². The van der Waals surface area contributed by atoms with Gasteiger partial charge in [0.1, 0.15) is 17.2 Å². The molecule has 6 heteroatoms. The molecule has 0 aliphatic heterocycles. The summed E-state index contributed by atoms with van der Waals surface area (Å²) in [4.78, 5) is 13.2. The van der Waals surface area contributed by atoms with Crippen molar-refractivity contribution in [2.75, 3.05) is 19.5 Å². The highest BCUT2D eigenvalue weighted by molar-refractivity contribution is 6.08. The van der Waals surface area contributed by atoms with Gasteiger partial charge in [-0.1, -0.05) is 54.6 Å². The predicted octanol–water partition coefficient (Wildman–Crippen LogP) is 4.87. The van der Waals surface area contributed by atoms with Crippen molar-refractivity contribution in [1.82, 2.24) is 9.78 Å². The lowest BCUT2D eigenvalue weighted by atomic mass is 10.1. The Kier molecular flexibility index (Phi) is 5.98. The number of amides is 1. The zero-order valence-corrected chi connectivity index (χ0v) is 17.4. The fourth-order valence-corrected chi connectivity index (χ4v) is 3.36. The van der Waals surface area contributed by atoms with Crippen LogP contribution in [-0.2, 0) is 6.54 Å². The fraction of sp³-hybridized carbons (Fsp3) is 0.120. The smallest absolute Gasteiger partial charge is 0.259 e. The van der Waals surface area contributed by atoms with Crippen LogP contribution in [0, 0.1) is 0 Å². The van der Waals surface area contributed by atoms with Gasteiger partial charge in [-0.2, -0.15) is 5.10 Å². The Labute approximate surface area is 181 Å². The lowest BCUT2D eigenvalue weighted by molar-refractivity contribution is 0.102. The molecule has 4 aromatic rings. The molecule has 156 valence electrons. The molecule has 0 aliphatic carbocycles. The molecular formula is C25H23N3O3. The fourth-order valence-electron chi connectivity index (χ4n) is 3.36. The van der Waals surface area contributed by atoms with E-state index in [9.17, 15) is 4.79 Å². The van der Waals surface area contributed by atoms with E-state index in [1.807, 2.05) is 66.7 Å². The van der Waals surface area contributed by atoms with Crippen LogP contribution in [0.5, 0.6) is 11.5 Å². The van der Waals surface area contributed by atoms with Gasteiger partial charge < -0.3 is 14.8 Å². The molecule has 4 rings (SSSR count). The van der Waals surface area contributed by atoms with Gasteiger partial charge in [-0.15, -0.1) is 0 Å². The van der Waals surface area contributed by atoms with Crippen LogP contribution in [0.3, 0.4) is 0 Å². The average molecular weight is 413 g/mol. The molecule has 0 bridgehead atoms. The number of carbonyl (C=O) groups excluding carboxylic acids is 1. The highest BCUT2D eigenvalue weighted by Crippen LogP contribution is 2.28. The van der Waals surface area contributed by atoms with Crippen molar-refractivity contribution in [3.63, 3.8) is 0 Å². The van der Waals surface area contributed by atoms with Crippen molar-refractivity contribution in [3.05, 3.63) is 96.2 Å². The van der Waals surface area contributed by atoms with Gasteiger partial charge in [0.15, 0.2) is 0 Å². The second-order valence-electron chi connectivity index (χ2n) is 6.96. The van der Waals surface area contributed by atoms with E-state index in [0.29, 0.717) is 35.0 Å². The van der Waals surface area contributed by atoms with Crippen LogP contribution in [0.1, 0.15) is 15.9 Å². The first kappa shape index (κ1) is 20.2. The summed E-state index contributed by atoms with van der Waals surface area (Å²) in [6.07, 6.45) is 1.77. The normalized spacial score (nSPS) is 10.5. The Morgan fingerprint density at radius 2 is 1.71 bits per heavy atom. The number of ether oxygens (including phenoxy) is 2. The number of nitrogens with zero attached hydrogens (tertiary/aromatic N) is 2. The molecule has 0 radical (unpaired) electrons. The van der Waals surface area contributed by atoms with Crippen molar-refractivity contribution < 1.29 is 14.3 Å². The Morgan fingerprint density at radius 3 is 2.48 bits per heavy atom. The largest absolute Gasteiger partial charge is 0.497 e. The van der Waals surface area contributed by atoms with E-state index >= 15 is 0 Å². The summed E-state index contributed by atoms with van der Waals surface area (Å²) in [7, 11) is 3.19. The maximum absolute atomic E-state index is 13.2. The highest BCUT2D eigenvalue weighted by atomic mass is 16.5. The molecule has 1 amide bonds. The lowest BCUT2D eigenvalue weighted by Gasteiger charge is -2.10. The first-order chi connectivity index (χ1) is 15.2. The second-order valence-corrected chi connectivity index (χ2v) is 6.96. The van der Waals surface area contributed by atoms with Crippen molar-refractivity contribution >= 4 is 11.6 Å². The van der Waals surface area contributed by atoms with Crippen LogP contribution in [0.25, 0.3) is 11.3 Å². The first-order valence-corrected chi connectivity index (χ1v) is 9.88. The van der Waals surface area contributed by atoms with E-state index in [0.717, 1.165) is 11.1 Å². The van der Waals surface area contributed by atoms with Crippen LogP contribution < -0.4 is 14.8 Å². The molecule has 0 saturated heterocycles. The molecule has 0 unspecified atom stereocenters. The third kappa shape index (κ3) is 4.59. The molecule has 1 aromatic heterocycles. The van der Waals surface area contributed by atoms with Gasteiger partial charge in [-0.25, -0.2) is 0 Å². The minimum atomic E-state index is -0.262. The number of hydrogen-bond donors (Lipinski definition) is 1. The van der Waals surface area contributed by atoms with Crippen LogP contribution in [-0.4, -0.2) is 29.9 Å². The van der Waals surface area contributed by atoms with Crippen molar-refractivity contribution in [2.45, 2.75) is 6.54 Å². The second kappa shape index (κ2) is 9.17. The zero-order chi connectivity index (χ0) is 21.6. The van der Waals surface area contributed by atoms with Gasteiger partial charge in [0.2, 0.25) is 0 Å². The first-order valence-electron chi connectivity index (χ1n) is 9.88. The molecule has 0 saturated carbocycles. The summed E-state index contributed by atoms with van der Waals surface area (Å²) in [5, 5.41) is 7.67. The predicted molar refractivity (Wildman–Crippen MR) is 121 cm³/mol. The van der Waals surface area contributed by atoms with Gasteiger partial charge in [0.25, 0.3) is 5.91 Å². The molecule has 1 heterocycles. The third-order valence-corrected chi connectivity index (χ3v) is 4.89. The van der Waals surface area contributed by atoms with Gasteiger partial charge in [0, 0.05) is 11.8 Å². The number of para-hydroxylation sites is 2. The minimum absolute atomic E-state index is 0.262. The Bertz CT molecular complexity index is 1190. The molecule has 31 heavy (non-hydrogen) atoms. The maximum atomic E-state index is 13.2. The zero-order valence-electron chi connectivity index (χ0n) is 17.4. The molecule has 0 fully saturated rings. The van der Waals surface area contributed by atoms with E-state index in [-0.39, 0.29) is 5.91 Å². The van der Waals surface area contributed by atoms with Gasteiger partial charge in [0.05, 0.1) is 32.0 Å². The summed E-state index contributed by atoms with van der Waals surface area (Å²) in [6, 6.07) is 24.8. The lowest BCUT2D eigenvalue weighted by Crippen LogP contribution is -2.13. The van der Waals surface area contributed by atoms with Crippen molar-refractivity contribution in [1.29, 1.82) is 0 Å². The molecular weight excluding hydrogens is 390 g/mol. The van der Waals surface area contributed by atoms with Crippen molar-refractivity contribution in [3.8, 4) is 22.8 Å². The molecule has 0 spiro atoms. The number of methoxy groups -OCH3 is 2. The topological polar surface area (TPSA) is 65.4 Å². The number of rotatable bonds is 7. The van der Waals surface area contributed by atoms with E-state index in [1.165, 1.54) is 0 Å². The van der Waals surface area contributed by atoms with Crippen LogP contribution >= 0.6 is 0 Å². The molecule has 6 nitrogen and oxygen atoms in total. The van der Waals surface area contributed by atoms with E-state index < -0.39 is 0 Å². The Balaban J connectivity index is 1.72. The van der Waals surface area contributed by atoms with Gasteiger partial charge in [-0.3, -0.25) is 9.48 Å². The summed E-state index contributed by atoms with van der Waals surface area (Å²) in [5.41, 5.74) is 3.55.